The van der Waals surface area contributed by atoms with Gasteiger partial charge in [-0.25, -0.2) is 15.0 Å². The van der Waals surface area contributed by atoms with Gasteiger partial charge in [-0.1, -0.05) is 29.8 Å². The van der Waals surface area contributed by atoms with Gasteiger partial charge in [0, 0.05) is 6.54 Å². The zero-order chi connectivity index (χ0) is 19.7. The van der Waals surface area contributed by atoms with Crippen LogP contribution >= 0.6 is 0 Å². The number of aromatic nitrogens is 4. The summed E-state index contributed by atoms with van der Waals surface area (Å²) in [5, 5.41) is 32.8. The molecule has 1 fully saturated rings. The van der Waals surface area contributed by atoms with Crippen LogP contribution in [0.25, 0.3) is 11.2 Å². The third-order valence-corrected chi connectivity index (χ3v) is 4.94. The van der Waals surface area contributed by atoms with Crippen LogP contribution in [-0.2, 0) is 11.2 Å². The highest BCUT2D eigenvalue weighted by molar-refractivity contribution is 5.82. The van der Waals surface area contributed by atoms with Crippen molar-refractivity contribution >= 4 is 17.0 Å². The first-order valence-electron chi connectivity index (χ1n) is 9.18. The van der Waals surface area contributed by atoms with E-state index in [4.69, 9.17) is 4.74 Å². The summed E-state index contributed by atoms with van der Waals surface area (Å²) in [4.78, 5) is 12.9. The molecule has 0 spiro atoms. The topological polar surface area (TPSA) is 126 Å². The fourth-order valence-corrected chi connectivity index (χ4v) is 3.47. The lowest BCUT2D eigenvalue weighted by molar-refractivity contribution is -0.0511. The summed E-state index contributed by atoms with van der Waals surface area (Å²) in [6.45, 7) is 2.35. The van der Waals surface area contributed by atoms with Gasteiger partial charge in [-0.2, -0.15) is 0 Å². The number of ether oxygens (including phenoxy) is 1. The van der Waals surface area contributed by atoms with Crippen molar-refractivity contribution in [3.05, 3.63) is 48.0 Å². The first-order chi connectivity index (χ1) is 13.6. The zero-order valence-electron chi connectivity index (χ0n) is 15.4. The van der Waals surface area contributed by atoms with Gasteiger partial charge in [0.15, 0.2) is 23.2 Å². The van der Waals surface area contributed by atoms with Gasteiger partial charge < -0.3 is 25.4 Å². The quantitative estimate of drug-likeness (QED) is 0.481. The molecule has 0 amide bonds. The van der Waals surface area contributed by atoms with Gasteiger partial charge in [-0.15, -0.1) is 0 Å². The highest BCUT2D eigenvalue weighted by Crippen LogP contribution is 2.32. The molecule has 9 nitrogen and oxygen atoms in total. The Morgan fingerprint density at radius 2 is 2.04 bits per heavy atom. The van der Waals surface area contributed by atoms with E-state index in [2.05, 4.69) is 45.4 Å². The maximum Gasteiger partial charge on any atom is 0.167 e. The average Bonchev–Trinajstić information content (AvgIpc) is 3.24. The number of hydrogen-bond acceptors (Lipinski definition) is 8. The predicted octanol–water partition coefficient (Wildman–Crippen LogP) is 0.401. The predicted molar refractivity (Wildman–Crippen MR) is 102 cm³/mol. The molecule has 28 heavy (non-hydrogen) atoms. The van der Waals surface area contributed by atoms with Crippen molar-refractivity contribution in [2.45, 2.75) is 37.9 Å². The Labute approximate surface area is 161 Å². The largest absolute Gasteiger partial charge is 0.394 e. The zero-order valence-corrected chi connectivity index (χ0v) is 15.4. The molecule has 9 heteroatoms. The molecule has 4 rings (SSSR count). The Hall–Kier alpha value is -2.59. The van der Waals surface area contributed by atoms with Crippen LogP contribution in [0.5, 0.6) is 0 Å². The van der Waals surface area contributed by atoms with E-state index in [9.17, 15) is 15.3 Å². The third-order valence-electron chi connectivity index (χ3n) is 4.94. The van der Waals surface area contributed by atoms with Crippen LogP contribution in [0, 0.1) is 6.92 Å². The van der Waals surface area contributed by atoms with Gasteiger partial charge in [-0.05, 0) is 18.9 Å². The van der Waals surface area contributed by atoms with E-state index in [0.717, 1.165) is 6.42 Å². The molecule has 3 heterocycles. The first-order valence-corrected chi connectivity index (χ1v) is 9.18. The molecule has 0 radical (unpaired) electrons. The van der Waals surface area contributed by atoms with E-state index in [1.807, 2.05) is 6.07 Å². The number of imidazole rings is 1. The summed E-state index contributed by atoms with van der Waals surface area (Å²) in [6, 6.07) is 8.33. The second kappa shape index (κ2) is 7.80. The molecule has 148 valence electrons. The maximum atomic E-state index is 10.3. The minimum Gasteiger partial charge on any atom is -0.394 e. The van der Waals surface area contributed by atoms with Crippen molar-refractivity contribution in [1.29, 1.82) is 0 Å². The fraction of sp³-hybridized carbons (Fsp3) is 0.421. The Morgan fingerprint density at radius 1 is 1.18 bits per heavy atom. The summed E-state index contributed by atoms with van der Waals surface area (Å²) < 4.78 is 7.12. The molecule has 1 saturated heterocycles. The maximum absolute atomic E-state index is 10.3. The molecule has 1 aliphatic heterocycles. The lowest BCUT2D eigenvalue weighted by Gasteiger charge is -2.16. The Kier molecular flexibility index (Phi) is 5.23. The van der Waals surface area contributed by atoms with E-state index < -0.39 is 24.5 Å². The van der Waals surface area contributed by atoms with Crippen molar-refractivity contribution in [3.63, 3.8) is 0 Å². The van der Waals surface area contributed by atoms with E-state index in [1.165, 1.54) is 23.8 Å². The van der Waals surface area contributed by atoms with Crippen LogP contribution < -0.4 is 5.32 Å². The number of aliphatic hydroxyl groups is 3. The van der Waals surface area contributed by atoms with Gasteiger partial charge in [-0.3, -0.25) is 4.57 Å². The van der Waals surface area contributed by atoms with Crippen LogP contribution in [0.4, 0.5) is 5.82 Å². The van der Waals surface area contributed by atoms with Crippen molar-refractivity contribution in [2.24, 2.45) is 0 Å². The third kappa shape index (κ3) is 3.45. The number of aliphatic hydroxyl groups excluding tert-OH is 3. The molecule has 0 bridgehead atoms. The van der Waals surface area contributed by atoms with Gasteiger partial charge in [0.25, 0.3) is 0 Å². The molecule has 2 aromatic heterocycles. The number of hydrogen-bond donors (Lipinski definition) is 4. The SMILES string of the molecule is Cc1cccc(CCNc2ncnc3c2ncn3C2OC(CO)C(O)C2O)c1. The van der Waals surface area contributed by atoms with Gasteiger partial charge >= 0.3 is 0 Å². The first kappa shape index (κ1) is 18.8. The summed E-state index contributed by atoms with van der Waals surface area (Å²) >= 11 is 0. The average molecular weight is 385 g/mol. The van der Waals surface area contributed by atoms with Crippen LogP contribution in [0.1, 0.15) is 17.4 Å². The van der Waals surface area contributed by atoms with E-state index in [1.54, 1.807) is 4.57 Å². The monoisotopic (exact) mass is 385 g/mol. The smallest absolute Gasteiger partial charge is 0.167 e. The van der Waals surface area contributed by atoms with Gasteiger partial charge in [0.05, 0.1) is 12.9 Å². The summed E-state index contributed by atoms with van der Waals surface area (Å²) in [5.41, 5.74) is 3.47. The lowest BCUT2D eigenvalue weighted by atomic mass is 10.1. The summed E-state index contributed by atoms with van der Waals surface area (Å²) in [6.07, 6.45) is -0.368. The molecule has 0 aliphatic carbocycles. The van der Waals surface area contributed by atoms with Crippen molar-refractivity contribution < 1.29 is 20.1 Å². The summed E-state index contributed by atoms with van der Waals surface area (Å²) in [5.74, 6) is 0.586. The Bertz CT molecular complexity index is 962. The van der Waals surface area contributed by atoms with Crippen LogP contribution in [-0.4, -0.2) is 66.3 Å². The highest BCUT2D eigenvalue weighted by Gasteiger charge is 2.44. The van der Waals surface area contributed by atoms with Gasteiger partial charge in [0.1, 0.15) is 24.6 Å². The molecule has 3 aromatic rings. The molecular weight excluding hydrogens is 362 g/mol. The highest BCUT2D eigenvalue weighted by atomic mass is 16.6. The van der Waals surface area contributed by atoms with Crippen molar-refractivity contribution in [3.8, 4) is 0 Å². The number of anilines is 1. The Balaban J connectivity index is 1.52. The van der Waals surface area contributed by atoms with E-state index in [0.29, 0.717) is 23.5 Å². The lowest BCUT2D eigenvalue weighted by Crippen LogP contribution is -2.33. The number of nitrogens with one attached hydrogen (secondary N) is 1. The van der Waals surface area contributed by atoms with Crippen LogP contribution in [0.3, 0.4) is 0 Å². The summed E-state index contributed by atoms with van der Waals surface area (Å²) in [7, 11) is 0. The van der Waals surface area contributed by atoms with Crippen LogP contribution in [0.2, 0.25) is 0 Å². The number of benzene rings is 1. The standard InChI is InChI=1S/C19H23N5O4/c1-11-3-2-4-12(7-11)5-6-20-17-14-18(22-9-21-17)24(10-23-14)19-16(27)15(26)13(8-25)28-19/h2-4,7,9-10,13,15-16,19,25-27H,5-6,8H2,1H3,(H,20,21,22). The second-order valence-electron chi connectivity index (χ2n) is 6.94. The van der Waals surface area contributed by atoms with Crippen LogP contribution in [0.15, 0.2) is 36.9 Å². The number of nitrogens with zero attached hydrogens (tertiary/aromatic N) is 4. The number of rotatable bonds is 6. The fourth-order valence-electron chi connectivity index (χ4n) is 3.47. The molecule has 0 saturated carbocycles. The molecule has 1 aliphatic rings. The minimum absolute atomic E-state index is 0.387. The molecule has 4 unspecified atom stereocenters. The number of aryl methyl sites for hydroxylation is 1. The molecule has 4 atom stereocenters. The molecule has 4 N–H and O–H groups in total. The molecular formula is C19H23N5O4. The number of fused-ring (bicyclic) bond motifs is 1. The molecule has 1 aromatic carbocycles. The van der Waals surface area contributed by atoms with E-state index in [-0.39, 0.29) is 6.61 Å². The Morgan fingerprint density at radius 3 is 2.79 bits per heavy atom. The van der Waals surface area contributed by atoms with Gasteiger partial charge in [0.2, 0.25) is 0 Å². The van der Waals surface area contributed by atoms with Crippen molar-refractivity contribution in [2.75, 3.05) is 18.5 Å². The minimum atomic E-state index is -1.19. The van der Waals surface area contributed by atoms with Crippen molar-refractivity contribution in [1.82, 2.24) is 19.5 Å². The van der Waals surface area contributed by atoms with E-state index >= 15 is 0 Å². The normalized spacial score (nSPS) is 24.7. The second-order valence-corrected chi connectivity index (χ2v) is 6.94.